The fourth-order valence-corrected chi connectivity index (χ4v) is 9.02. The Morgan fingerprint density at radius 3 is 2.32 bits per heavy atom. The average Bonchev–Trinajstić information content (AvgIpc) is 2.94. The van der Waals surface area contributed by atoms with E-state index in [0.29, 0.717) is 50.4 Å². The van der Waals surface area contributed by atoms with Crippen LogP contribution >= 0.6 is 0 Å². The van der Waals surface area contributed by atoms with Crippen molar-refractivity contribution in [1.82, 2.24) is 9.62 Å². The van der Waals surface area contributed by atoms with E-state index in [4.69, 9.17) is 4.84 Å². The van der Waals surface area contributed by atoms with E-state index in [1.807, 2.05) is 30.3 Å². The van der Waals surface area contributed by atoms with Gasteiger partial charge >= 0.3 is 6.09 Å². The van der Waals surface area contributed by atoms with Crippen molar-refractivity contribution in [3.63, 3.8) is 0 Å². The SMILES string of the molecule is CS(=O)(=O)N1CC=C(c2ccc(N3CCN(OC(=O)NC4[C@@H]5CC6C[C@H]4CC(O)(C6)C5)c4ccccc43)cc2)CC1. The number of hydrogen-bond acceptors (Lipinski definition) is 7. The molecule has 2 heterocycles. The number of fused-ring (bicyclic) bond motifs is 1. The van der Waals surface area contributed by atoms with Crippen molar-refractivity contribution in [2.75, 3.05) is 42.4 Å². The molecule has 2 aromatic carbocycles. The number of benzene rings is 2. The molecule has 5 atom stereocenters. The number of aliphatic hydroxyl groups is 1. The van der Waals surface area contributed by atoms with E-state index < -0.39 is 21.7 Å². The Balaban J connectivity index is 1.03. The predicted octanol–water partition coefficient (Wildman–Crippen LogP) is 4.27. The fourth-order valence-electron chi connectivity index (χ4n) is 8.25. The van der Waals surface area contributed by atoms with Gasteiger partial charge in [-0.05, 0) is 91.7 Å². The van der Waals surface area contributed by atoms with Crippen LogP contribution in [-0.2, 0) is 14.9 Å². The second-order valence-corrected chi connectivity index (χ2v) is 14.6. The Morgan fingerprint density at radius 1 is 0.976 bits per heavy atom. The third kappa shape index (κ3) is 5.10. The summed E-state index contributed by atoms with van der Waals surface area (Å²) >= 11 is 0. The zero-order valence-electron chi connectivity index (χ0n) is 23.4. The number of amides is 1. The minimum absolute atomic E-state index is 0.0723. The van der Waals surface area contributed by atoms with Gasteiger partial charge in [-0.3, -0.25) is 0 Å². The minimum atomic E-state index is -3.17. The van der Waals surface area contributed by atoms with Gasteiger partial charge in [-0.15, -0.1) is 0 Å². The zero-order chi connectivity index (χ0) is 28.4. The quantitative estimate of drug-likeness (QED) is 0.546. The van der Waals surface area contributed by atoms with Gasteiger partial charge < -0.3 is 20.2 Å². The largest absolute Gasteiger partial charge is 0.431 e. The second-order valence-electron chi connectivity index (χ2n) is 12.6. The molecule has 0 spiro atoms. The van der Waals surface area contributed by atoms with Crippen LogP contribution in [0.5, 0.6) is 0 Å². The van der Waals surface area contributed by atoms with Gasteiger partial charge in [0.1, 0.15) is 0 Å². The maximum Gasteiger partial charge on any atom is 0.431 e. The molecule has 4 aliphatic carbocycles. The average molecular weight is 579 g/mol. The molecule has 0 radical (unpaired) electrons. The summed E-state index contributed by atoms with van der Waals surface area (Å²) in [5.41, 5.74) is 4.59. The lowest BCUT2D eigenvalue weighted by atomic mass is 9.52. The molecule has 0 aromatic heterocycles. The molecule has 41 heavy (non-hydrogen) atoms. The predicted molar refractivity (Wildman–Crippen MR) is 158 cm³/mol. The molecular formula is C31H38N4O5S. The van der Waals surface area contributed by atoms with E-state index >= 15 is 0 Å². The lowest BCUT2D eigenvalue weighted by Gasteiger charge is -2.57. The van der Waals surface area contributed by atoms with Gasteiger partial charge in [-0.2, -0.15) is 4.31 Å². The molecule has 3 unspecified atom stereocenters. The Hall–Kier alpha value is -3.08. The molecule has 9 nitrogen and oxygen atoms in total. The molecule has 2 N–H and O–H groups in total. The minimum Gasteiger partial charge on any atom is -0.390 e. The third-order valence-electron chi connectivity index (χ3n) is 9.88. The van der Waals surface area contributed by atoms with Crippen LogP contribution in [-0.4, -0.2) is 68.0 Å². The number of hydrogen-bond donors (Lipinski definition) is 2. The normalized spacial score (nSPS) is 31.0. The molecule has 218 valence electrons. The number of sulfonamides is 1. The van der Waals surface area contributed by atoms with Crippen LogP contribution in [0.3, 0.4) is 0 Å². The van der Waals surface area contributed by atoms with Crippen molar-refractivity contribution < 1.29 is 23.2 Å². The van der Waals surface area contributed by atoms with Crippen LogP contribution in [0.2, 0.25) is 0 Å². The molecule has 2 aliphatic heterocycles. The lowest BCUT2D eigenvalue weighted by molar-refractivity contribution is -0.137. The van der Waals surface area contributed by atoms with Gasteiger partial charge in [0.2, 0.25) is 10.0 Å². The highest BCUT2D eigenvalue weighted by Crippen LogP contribution is 2.55. The summed E-state index contributed by atoms with van der Waals surface area (Å²) in [7, 11) is -3.17. The summed E-state index contributed by atoms with van der Waals surface area (Å²) in [4.78, 5) is 21.3. The Bertz CT molecular complexity index is 1460. The molecule has 4 saturated carbocycles. The number of rotatable bonds is 5. The van der Waals surface area contributed by atoms with Crippen molar-refractivity contribution in [3.8, 4) is 0 Å². The van der Waals surface area contributed by atoms with Crippen LogP contribution in [0.25, 0.3) is 5.57 Å². The van der Waals surface area contributed by atoms with E-state index in [-0.39, 0.29) is 6.04 Å². The smallest absolute Gasteiger partial charge is 0.390 e. The maximum absolute atomic E-state index is 13.1. The summed E-state index contributed by atoms with van der Waals surface area (Å²) in [5.74, 6) is 1.24. The summed E-state index contributed by atoms with van der Waals surface area (Å²) < 4.78 is 25.2. The summed E-state index contributed by atoms with van der Waals surface area (Å²) in [5, 5.41) is 15.8. The number of anilines is 3. The van der Waals surface area contributed by atoms with Crippen LogP contribution in [0.4, 0.5) is 21.9 Å². The van der Waals surface area contributed by atoms with E-state index in [1.165, 1.54) is 10.6 Å². The number of carbonyl (C=O) groups excluding carboxylic acids is 1. The van der Waals surface area contributed by atoms with E-state index in [2.05, 4.69) is 34.5 Å². The third-order valence-corrected chi connectivity index (χ3v) is 11.1. The van der Waals surface area contributed by atoms with Gasteiger partial charge in [-0.1, -0.05) is 30.3 Å². The van der Waals surface area contributed by atoms with Crippen LogP contribution in [0, 0.1) is 17.8 Å². The monoisotopic (exact) mass is 578 g/mol. The zero-order valence-corrected chi connectivity index (χ0v) is 24.2. The fraction of sp³-hybridized carbons (Fsp3) is 0.516. The Kier molecular flexibility index (Phi) is 6.55. The van der Waals surface area contributed by atoms with Gasteiger partial charge in [0, 0.05) is 31.4 Å². The second kappa shape index (κ2) is 10.0. The first-order valence-electron chi connectivity index (χ1n) is 14.7. The van der Waals surface area contributed by atoms with Crippen molar-refractivity contribution in [1.29, 1.82) is 0 Å². The highest BCUT2D eigenvalue weighted by atomic mass is 32.2. The number of hydroxylamine groups is 1. The first-order valence-corrected chi connectivity index (χ1v) is 16.6. The topological polar surface area (TPSA) is 102 Å². The van der Waals surface area contributed by atoms with Gasteiger partial charge in [-0.25, -0.2) is 18.3 Å². The van der Waals surface area contributed by atoms with Crippen LogP contribution < -0.4 is 15.3 Å². The maximum atomic E-state index is 13.1. The summed E-state index contributed by atoms with van der Waals surface area (Å²) in [6.07, 6.45) is 8.17. The lowest BCUT2D eigenvalue weighted by Crippen LogP contribution is -2.62. The van der Waals surface area contributed by atoms with Crippen LogP contribution in [0.1, 0.15) is 44.1 Å². The number of nitrogens with one attached hydrogen (secondary N) is 1. The molecule has 8 rings (SSSR count). The van der Waals surface area contributed by atoms with Crippen molar-refractivity contribution >= 4 is 38.8 Å². The van der Waals surface area contributed by atoms with Crippen molar-refractivity contribution in [2.45, 2.75) is 50.2 Å². The number of para-hydroxylation sites is 2. The van der Waals surface area contributed by atoms with E-state index in [1.54, 1.807) is 5.06 Å². The molecule has 6 aliphatic rings. The first-order chi connectivity index (χ1) is 19.6. The molecule has 0 saturated heterocycles. The van der Waals surface area contributed by atoms with Crippen molar-refractivity contribution in [3.05, 3.63) is 60.2 Å². The van der Waals surface area contributed by atoms with Gasteiger partial charge in [0.05, 0.1) is 29.8 Å². The molecule has 4 bridgehead atoms. The highest BCUT2D eigenvalue weighted by molar-refractivity contribution is 7.88. The number of nitrogens with zero attached hydrogens (tertiary/aromatic N) is 3. The van der Waals surface area contributed by atoms with Crippen molar-refractivity contribution in [2.24, 2.45) is 17.8 Å². The van der Waals surface area contributed by atoms with E-state index in [0.717, 1.165) is 60.3 Å². The molecular weight excluding hydrogens is 540 g/mol. The standard InChI is InChI=1S/C31H38N4O5S/c1-41(38,39)33-12-10-23(11-13-33)22-6-8-26(9-7-22)34-14-15-35(28-5-3-2-4-27(28)34)40-30(36)32-29-24-16-21-17-25(29)20-31(37,18-21)19-24/h2-10,21,24-25,29,37H,11-20H2,1H3,(H,32,36)/t21?,24-,25+,29?,31?. The number of carbonyl (C=O) groups is 1. The van der Waals surface area contributed by atoms with Gasteiger partial charge in [0.25, 0.3) is 0 Å². The highest BCUT2D eigenvalue weighted by Gasteiger charge is 2.55. The van der Waals surface area contributed by atoms with Crippen LogP contribution in [0.15, 0.2) is 54.6 Å². The summed E-state index contributed by atoms with van der Waals surface area (Å²) in [6.45, 7) is 2.08. The Morgan fingerprint density at radius 2 is 1.68 bits per heavy atom. The Labute approximate surface area is 241 Å². The van der Waals surface area contributed by atoms with Gasteiger partial charge in [0.15, 0.2) is 0 Å². The summed E-state index contributed by atoms with van der Waals surface area (Å²) in [6, 6.07) is 16.4. The first kappa shape index (κ1) is 26.8. The molecule has 1 amide bonds. The molecule has 2 aromatic rings. The molecule has 10 heteroatoms. The molecule has 4 fully saturated rings. The van der Waals surface area contributed by atoms with E-state index in [9.17, 15) is 18.3 Å².